The van der Waals surface area contributed by atoms with Gasteiger partial charge in [-0.05, 0) is 90.1 Å². The Morgan fingerprint density at radius 1 is 1.06 bits per heavy atom. The number of hydrogen-bond donors (Lipinski definition) is 1. The third-order valence-electron chi connectivity index (χ3n) is 5.47. The van der Waals surface area contributed by atoms with Gasteiger partial charge in [0, 0.05) is 25.0 Å². The van der Waals surface area contributed by atoms with E-state index < -0.39 is 11.2 Å². The topological polar surface area (TPSA) is 80.8 Å². The first-order valence-electron chi connectivity index (χ1n) is 11.9. The summed E-state index contributed by atoms with van der Waals surface area (Å²) in [6.45, 7) is 12.2. The summed E-state index contributed by atoms with van der Waals surface area (Å²) < 4.78 is 11.3. The maximum absolute atomic E-state index is 13.2. The number of nitrogens with zero attached hydrogens (tertiary/aromatic N) is 2. The summed E-state index contributed by atoms with van der Waals surface area (Å²) in [5.74, 6) is 0.158. The van der Waals surface area contributed by atoms with Crippen molar-refractivity contribution in [3.63, 3.8) is 0 Å². The number of amides is 1. The van der Waals surface area contributed by atoms with Gasteiger partial charge in [0.05, 0.1) is 5.92 Å². The Kier molecular flexibility index (Phi) is 7.85. The van der Waals surface area contributed by atoms with Gasteiger partial charge in [-0.1, -0.05) is 18.2 Å². The number of carbonyl (C=O) groups excluding carboxylic acids is 2. The summed E-state index contributed by atoms with van der Waals surface area (Å²) in [4.78, 5) is 31.8. The van der Waals surface area contributed by atoms with Crippen molar-refractivity contribution in [2.75, 3.05) is 18.4 Å². The van der Waals surface area contributed by atoms with E-state index >= 15 is 0 Å². The molecule has 0 radical (unpaired) electrons. The lowest BCUT2D eigenvalue weighted by molar-refractivity contribution is -0.161. The van der Waals surface area contributed by atoms with Crippen molar-refractivity contribution in [3.05, 3.63) is 54.2 Å². The average Bonchev–Trinajstić information content (AvgIpc) is 3.21. The van der Waals surface area contributed by atoms with Crippen molar-refractivity contribution in [2.45, 2.75) is 65.6 Å². The molecule has 1 aromatic carbocycles. The number of aromatic nitrogens is 1. The number of carbonyl (C=O) groups is 2. The van der Waals surface area contributed by atoms with E-state index in [0.29, 0.717) is 19.5 Å². The summed E-state index contributed by atoms with van der Waals surface area (Å²) in [5, 5.41) is 3.30. The molecule has 1 aliphatic rings. The molecule has 0 bridgehead atoms. The minimum atomic E-state index is -0.582. The molecule has 2 heterocycles. The fraction of sp³-hybridized carbons (Fsp3) is 0.519. The maximum Gasteiger partial charge on any atom is 0.410 e. The summed E-state index contributed by atoms with van der Waals surface area (Å²) in [6, 6.07) is 13.7. The number of ether oxygens (including phenoxy) is 2. The van der Waals surface area contributed by atoms with E-state index in [9.17, 15) is 9.59 Å². The number of nitrogens with one attached hydrogen (secondary N) is 1. The molecule has 1 fully saturated rings. The van der Waals surface area contributed by atoms with E-state index in [0.717, 1.165) is 23.5 Å². The summed E-state index contributed by atoms with van der Waals surface area (Å²) in [5.41, 5.74) is 0.788. The molecular formula is C27H37N3O4. The molecule has 1 aliphatic heterocycles. The standard InChI is InChI=1S/C27H37N3O4/c1-26(2,3)33-24(31)22(20-13-15-30(18-20)25(32)34-27(4,5)6)17-19-10-9-11-21(16-19)29-23-12-7-8-14-28-23/h7-12,14,16,20,22H,13,15,17-18H2,1-6H3,(H,28,29)/t20-,22-/m0/s1. The zero-order valence-electron chi connectivity index (χ0n) is 21.1. The Morgan fingerprint density at radius 3 is 2.44 bits per heavy atom. The Morgan fingerprint density at radius 2 is 1.79 bits per heavy atom. The predicted molar refractivity (Wildman–Crippen MR) is 133 cm³/mol. The summed E-state index contributed by atoms with van der Waals surface area (Å²) in [6.07, 6.45) is 2.66. The van der Waals surface area contributed by atoms with Crippen LogP contribution in [0.1, 0.15) is 53.5 Å². The van der Waals surface area contributed by atoms with Crippen LogP contribution in [0.2, 0.25) is 0 Å². The van der Waals surface area contributed by atoms with E-state index in [1.165, 1.54) is 0 Å². The normalized spacial score (nSPS) is 17.2. The maximum atomic E-state index is 13.2. The van der Waals surface area contributed by atoms with Crippen molar-refractivity contribution in [2.24, 2.45) is 11.8 Å². The van der Waals surface area contributed by atoms with Crippen molar-refractivity contribution >= 4 is 23.6 Å². The van der Waals surface area contributed by atoms with Crippen LogP contribution in [0, 0.1) is 11.8 Å². The second-order valence-corrected chi connectivity index (χ2v) is 10.9. The molecule has 7 heteroatoms. The molecular weight excluding hydrogens is 430 g/mol. The van der Waals surface area contributed by atoms with Gasteiger partial charge in [0.25, 0.3) is 0 Å². The molecule has 34 heavy (non-hydrogen) atoms. The molecule has 184 valence electrons. The Balaban J connectivity index is 1.76. The van der Waals surface area contributed by atoms with Gasteiger partial charge >= 0.3 is 12.1 Å². The molecule has 1 N–H and O–H groups in total. The first-order chi connectivity index (χ1) is 15.9. The van der Waals surface area contributed by atoms with Crippen molar-refractivity contribution < 1.29 is 19.1 Å². The molecule has 1 saturated heterocycles. The van der Waals surface area contributed by atoms with Crippen LogP contribution in [0.3, 0.4) is 0 Å². The van der Waals surface area contributed by atoms with E-state index in [1.807, 2.05) is 84.0 Å². The number of hydrogen-bond acceptors (Lipinski definition) is 6. The zero-order valence-corrected chi connectivity index (χ0v) is 21.1. The van der Waals surface area contributed by atoms with Gasteiger partial charge in [0.15, 0.2) is 0 Å². The molecule has 7 nitrogen and oxygen atoms in total. The van der Waals surface area contributed by atoms with E-state index in [2.05, 4.69) is 10.3 Å². The van der Waals surface area contributed by atoms with Crippen LogP contribution in [0.5, 0.6) is 0 Å². The lowest BCUT2D eigenvalue weighted by Crippen LogP contribution is -2.38. The number of esters is 1. The summed E-state index contributed by atoms with van der Waals surface area (Å²) in [7, 11) is 0. The lowest BCUT2D eigenvalue weighted by Gasteiger charge is -2.28. The van der Waals surface area contributed by atoms with Crippen LogP contribution in [0.4, 0.5) is 16.3 Å². The van der Waals surface area contributed by atoms with Gasteiger partial charge in [-0.3, -0.25) is 4.79 Å². The fourth-order valence-electron chi connectivity index (χ4n) is 4.04. The highest BCUT2D eigenvalue weighted by Gasteiger charge is 2.39. The molecule has 1 aromatic heterocycles. The molecule has 0 aliphatic carbocycles. The van der Waals surface area contributed by atoms with Crippen molar-refractivity contribution in [3.8, 4) is 0 Å². The van der Waals surface area contributed by atoms with E-state index in [4.69, 9.17) is 9.47 Å². The second-order valence-electron chi connectivity index (χ2n) is 10.9. The Labute approximate surface area is 202 Å². The third-order valence-corrected chi connectivity index (χ3v) is 5.47. The predicted octanol–water partition coefficient (Wildman–Crippen LogP) is 5.58. The molecule has 2 atom stereocenters. The number of likely N-dealkylation sites (tertiary alicyclic amines) is 1. The fourth-order valence-corrected chi connectivity index (χ4v) is 4.04. The average molecular weight is 468 g/mol. The molecule has 2 aromatic rings. The third kappa shape index (κ3) is 7.75. The zero-order chi connectivity index (χ0) is 24.9. The van der Waals surface area contributed by atoms with Gasteiger partial charge in [-0.2, -0.15) is 0 Å². The number of benzene rings is 1. The van der Waals surface area contributed by atoms with E-state index in [1.54, 1.807) is 11.1 Å². The minimum absolute atomic E-state index is 0.00484. The van der Waals surface area contributed by atoms with Gasteiger partial charge in [-0.25, -0.2) is 9.78 Å². The highest BCUT2D eigenvalue weighted by molar-refractivity contribution is 5.74. The van der Waals surface area contributed by atoms with Crippen LogP contribution in [-0.4, -0.2) is 46.2 Å². The van der Waals surface area contributed by atoms with Crippen molar-refractivity contribution in [1.82, 2.24) is 9.88 Å². The molecule has 3 rings (SSSR count). The van der Waals surface area contributed by atoms with Crippen LogP contribution in [0.15, 0.2) is 48.7 Å². The highest BCUT2D eigenvalue weighted by atomic mass is 16.6. The highest BCUT2D eigenvalue weighted by Crippen LogP contribution is 2.31. The first kappa shape index (κ1) is 25.5. The summed E-state index contributed by atoms with van der Waals surface area (Å²) >= 11 is 0. The number of rotatable bonds is 6. The smallest absolute Gasteiger partial charge is 0.410 e. The number of anilines is 2. The van der Waals surface area contributed by atoms with Gasteiger partial charge in [-0.15, -0.1) is 0 Å². The molecule has 0 spiro atoms. The molecule has 0 saturated carbocycles. The van der Waals surface area contributed by atoms with Gasteiger partial charge in [0.1, 0.15) is 17.0 Å². The lowest BCUT2D eigenvalue weighted by atomic mass is 9.86. The minimum Gasteiger partial charge on any atom is -0.460 e. The van der Waals surface area contributed by atoms with Crippen LogP contribution in [-0.2, 0) is 20.7 Å². The Bertz CT molecular complexity index is 979. The quantitative estimate of drug-likeness (QED) is 0.559. The van der Waals surface area contributed by atoms with Gasteiger partial charge in [0.2, 0.25) is 0 Å². The van der Waals surface area contributed by atoms with E-state index in [-0.39, 0.29) is 23.9 Å². The largest absolute Gasteiger partial charge is 0.460 e. The van der Waals surface area contributed by atoms with Crippen LogP contribution >= 0.6 is 0 Å². The number of pyridine rings is 1. The Hall–Kier alpha value is -3.09. The van der Waals surface area contributed by atoms with Crippen LogP contribution < -0.4 is 5.32 Å². The van der Waals surface area contributed by atoms with Gasteiger partial charge < -0.3 is 19.7 Å². The molecule has 0 unspecified atom stereocenters. The monoisotopic (exact) mass is 467 g/mol. The second kappa shape index (κ2) is 10.5. The first-order valence-corrected chi connectivity index (χ1v) is 11.9. The SMILES string of the molecule is CC(C)(C)OC(=O)[C@@H](Cc1cccc(Nc2ccccn2)c1)[C@H]1CCN(C(=O)OC(C)(C)C)C1. The van der Waals surface area contributed by atoms with Crippen molar-refractivity contribution in [1.29, 1.82) is 0 Å². The van der Waals surface area contributed by atoms with Crippen LogP contribution in [0.25, 0.3) is 0 Å². The molecule has 1 amide bonds.